The summed E-state index contributed by atoms with van der Waals surface area (Å²) in [6.45, 7) is 0.507. The molecular weight excluding hydrogens is 452 g/mol. The van der Waals surface area contributed by atoms with Crippen LogP contribution in [0.2, 0.25) is 0 Å². The number of para-hydroxylation sites is 1. The number of rotatable bonds is 6. The summed E-state index contributed by atoms with van der Waals surface area (Å²) in [6.07, 6.45) is 3.56. The highest BCUT2D eigenvalue weighted by atomic mass is 16.2. The van der Waals surface area contributed by atoms with Crippen molar-refractivity contribution in [2.75, 3.05) is 17.2 Å². The molecule has 0 fully saturated rings. The number of amides is 3. The van der Waals surface area contributed by atoms with E-state index >= 15 is 0 Å². The molecule has 0 saturated heterocycles. The zero-order chi connectivity index (χ0) is 24.8. The van der Waals surface area contributed by atoms with Gasteiger partial charge in [0.25, 0.3) is 11.8 Å². The Morgan fingerprint density at radius 1 is 1.00 bits per heavy atom. The lowest BCUT2D eigenvalue weighted by molar-refractivity contribution is -0.107. The van der Waals surface area contributed by atoms with E-state index in [1.54, 1.807) is 29.2 Å². The summed E-state index contributed by atoms with van der Waals surface area (Å²) in [7, 11) is 0. The molecule has 0 radical (unpaired) electrons. The number of hydrogen-bond acceptors (Lipinski definition) is 4. The average molecular weight is 479 g/mol. The lowest BCUT2D eigenvalue weighted by atomic mass is 9.90. The fourth-order valence-electron chi connectivity index (χ4n) is 5.57. The number of hydrogen-bond donors (Lipinski definition) is 2. The molecule has 3 N–H and O–H groups in total. The second kappa shape index (κ2) is 8.68. The standard InChI is InChI=1S/C29H26N4O3/c30-25-8-4-1-5-18(25)13-14-32(17-34)19-9-11-26-23(15-19)24-16-20(10-12-27(24)31-26)33-28(35)21-6-2-3-7-22(21)29(33)36/h1-9,11,15,17,20,31H,10,12-14,16,30H2. The molecular formula is C29H26N4O3. The first kappa shape index (κ1) is 22.1. The summed E-state index contributed by atoms with van der Waals surface area (Å²) in [6, 6.07) is 20.5. The number of anilines is 2. The molecule has 6 rings (SSSR count). The van der Waals surface area contributed by atoms with Gasteiger partial charge in [-0.05, 0) is 73.2 Å². The van der Waals surface area contributed by atoms with E-state index in [2.05, 4.69) is 4.98 Å². The molecule has 3 aromatic carbocycles. The number of nitrogens with one attached hydrogen (secondary N) is 1. The Bertz CT molecular complexity index is 1490. The summed E-state index contributed by atoms with van der Waals surface area (Å²) in [4.78, 5) is 44.7. The predicted octanol–water partition coefficient (Wildman–Crippen LogP) is 4.11. The lowest BCUT2D eigenvalue weighted by Crippen LogP contribution is -2.43. The quantitative estimate of drug-likeness (QED) is 0.247. The molecule has 1 atom stereocenters. The third kappa shape index (κ3) is 3.55. The van der Waals surface area contributed by atoms with E-state index in [-0.39, 0.29) is 17.9 Å². The fourth-order valence-corrected chi connectivity index (χ4v) is 5.57. The number of aromatic nitrogens is 1. The van der Waals surface area contributed by atoms with Gasteiger partial charge in [0, 0.05) is 40.6 Å². The Hall–Kier alpha value is -4.39. The Morgan fingerprint density at radius 3 is 2.44 bits per heavy atom. The Balaban J connectivity index is 1.27. The number of nitrogens with two attached hydrogens (primary N) is 1. The van der Waals surface area contributed by atoms with Crippen LogP contribution in [0.3, 0.4) is 0 Å². The van der Waals surface area contributed by atoms with Crippen LogP contribution in [-0.4, -0.2) is 40.7 Å². The first-order valence-corrected chi connectivity index (χ1v) is 12.2. The monoisotopic (exact) mass is 478 g/mol. The van der Waals surface area contributed by atoms with Gasteiger partial charge >= 0.3 is 0 Å². The van der Waals surface area contributed by atoms with Crippen molar-refractivity contribution in [3.8, 4) is 0 Å². The van der Waals surface area contributed by atoms with Gasteiger partial charge in [0.2, 0.25) is 6.41 Å². The van der Waals surface area contributed by atoms with Gasteiger partial charge in [-0.3, -0.25) is 19.3 Å². The summed E-state index contributed by atoms with van der Waals surface area (Å²) in [5, 5.41) is 1.02. The molecule has 1 aliphatic carbocycles. The highest BCUT2D eigenvalue weighted by Crippen LogP contribution is 2.35. The molecule has 1 aromatic heterocycles. The van der Waals surface area contributed by atoms with Gasteiger partial charge in [0.05, 0.1) is 11.1 Å². The summed E-state index contributed by atoms with van der Waals surface area (Å²) in [5.41, 5.74) is 12.8. The van der Waals surface area contributed by atoms with Crippen molar-refractivity contribution >= 4 is 40.5 Å². The molecule has 7 nitrogen and oxygen atoms in total. The predicted molar refractivity (Wildman–Crippen MR) is 139 cm³/mol. The van der Waals surface area contributed by atoms with Gasteiger partial charge in [-0.1, -0.05) is 30.3 Å². The van der Waals surface area contributed by atoms with Crippen molar-refractivity contribution in [1.29, 1.82) is 0 Å². The van der Waals surface area contributed by atoms with Crippen LogP contribution in [-0.2, 0) is 24.1 Å². The van der Waals surface area contributed by atoms with E-state index in [9.17, 15) is 14.4 Å². The zero-order valence-electron chi connectivity index (χ0n) is 19.7. The number of benzene rings is 3. The van der Waals surface area contributed by atoms with Crippen LogP contribution >= 0.6 is 0 Å². The maximum Gasteiger partial charge on any atom is 0.261 e. The van der Waals surface area contributed by atoms with E-state index in [0.29, 0.717) is 30.5 Å². The van der Waals surface area contributed by atoms with Crippen LogP contribution in [0.25, 0.3) is 10.9 Å². The van der Waals surface area contributed by atoms with Gasteiger partial charge < -0.3 is 15.6 Å². The molecule has 1 unspecified atom stereocenters. The molecule has 1 aliphatic heterocycles. The number of aromatic amines is 1. The van der Waals surface area contributed by atoms with Crippen molar-refractivity contribution in [2.24, 2.45) is 0 Å². The molecule has 7 heteroatoms. The number of imide groups is 1. The maximum absolute atomic E-state index is 13.1. The van der Waals surface area contributed by atoms with Crippen molar-refractivity contribution in [3.63, 3.8) is 0 Å². The molecule has 3 amide bonds. The van der Waals surface area contributed by atoms with Crippen LogP contribution in [0.1, 0.15) is 44.0 Å². The van der Waals surface area contributed by atoms with E-state index < -0.39 is 0 Å². The average Bonchev–Trinajstić information content (AvgIpc) is 3.39. The number of nitrogens with zero attached hydrogens (tertiary/aromatic N) is 2. The minimum atomic E-state index is -0.211. The van der Waals surface area contributed by atoms with Crippen LogP contribution in [0.4, 0.5) is 11.4 Å². The zero-order valence-corrected chi connectivity index (χ0v) is 19.7. The Morgan fingerprint density at radius 2 is 1.72 bits per heavy atom. The fraction of sp³-hybridized carbons (Fsp3) is 0.207. The number of carbonyl (C=O) groups is 3. The highest BCUT2D eigenvalue weighted by molar-refractivity contribution is 6.21. The number of fused-ring (bicyclic) bond motifs is 4. The number of aryl methyl sites for hydroxylation is 1. The molecule has 0 spiro atoms. The van der Waals surface area contributed by atoms with Gasteiger partial charge in [-0.25, -0.2) is 0 Å². The second-order valence-corrected chi connectivity index (χ2v) is 9.48. The number of nitrogen functional groups attached to an aromatic ring is 1. The van der Waals surface area contributed by atoms with Crippen molar-refractivity contribution in [3.05, 3.63) is 94.7 Å². The van der Waals surface area contributed by atoms with E-state index in [0.717, 1.165) is 58.4 Å². The number of H-pyrrole nitrogens is 1. The van der Waals surface area contributed by atoms with E-state index in [1.165, 1.54) is 4.90 Å². The summed E-state index contributed by atoms with van der Waals surface area (Å²) < 4.78 is 0. The van der Waals surface area contributed by atoms with Crippen LogP contribution in [0, 0.1) is 0 Å². The van der Waals surface area contributed by atoms with E-state index in [4.69, 9.17) is 5.73 Å². The number of carbonyl (C=O) groups excluding carboxylic acids is 3. The van der Waals surface area contributed by atoms with E-state index in [1.807, 2.05) is 42.5 Å². The van der Waals surface area contributed by atoms with Crippen LogP contribution < -0.4 is 10.6 Å². The summed E-state index contributed by atoms with van der Waals surface area (Å²) >= 11 is 0. The lowest BCUT2D eigenvalue weighted by Gasteiger charge is -2.29. The smallest absolute Gasteiger partial charge is 0.261 e. The highest BCUT2D eigenvalue weighted by Gasteiger charge is 2.41. The SMILES string of the molecule is Nc1ccccc1CCN(C=O)c1ccc2[nH]c3c(c2c1)CC(N1C(=O)c2ccccc2C1=O)CC3. The maximum atomic E-state index is 13.1. The van der Waals surface area contributed by atoms with Gasteiger partial charge in [-0.2, -0.15) is 0 Å². The molecule has 2 aliphatic rings. The van der Waals surface area contributed by atoms with Crippen LogP contribution in [0.5, 0.6) is 0 Å². The molecule has 0 bridgehead atoms. The van der Waals surface area contributed by atoms with Crippen molar-refractivity contribution in [1.82, 2.24) is 9.88 Å². The molecule has 36 heavy (non-hydrogen) atoms. The van der Waals surface area contributed by atoms with Gasteiger partial charge in [-0.15, -0.1) is 0 Å². The van der Waals surface area contributed by atoms with Crippen molar-refractivity contribution < 1.29 is 14.4 Å². The third-order valence-electron chi connectivity index (χ3n) is 7.47. The first-order valence-electron chi connectivity index (χ1n) is 12.2. The Labute approximate surface area is 208 Å². The van der Waals surface area contributed by atoms with Crippen molar-refractivity contribution in [2.45, 2.75) is 31.7 Å². The second-order valence-electron chi connectivity index (χ2n) is 9.48. The minimum Gasteiger partial charge on any atom is -0.399 e. The Kier molecular flexibility index (Phi) is 5.33. The molecule has 180 valence electrons. The topological polar surface area (TPSA) is 99.5 Å². The molecule has 2 heterocycles. The third-order valence-corrected chi connectivity index (χ3v) is 7.47. The largest absolute Gasteiger partial charge is 0.399 e. The molecule has 0 saturated carbocycles. The molecule has 4 aromatic rings. The van der Waals surface area contributed by atoms with Crippen LogP contribution in [0.15, 0.2) is 66.7 Å². The minimum absolute atomic E-state index is 0.198. The summed E-state index contributed by atoms with van der Waals surface area (Å²) in [5.74, 6) is -0.422. The van der Waals surface area contributed by atoms with Gasteiger partial charge in [0.15, 0.2) is 0 Å². The normalized spacial score (nSPS) is 16.8. The first-order chi connectivity index (χ1) is 17.5. The van der Waals surface area contributed by atoms with Gasteiger partial charge in [0.1, 0.15) is 0 Å².